The highest BCUT2D eigenvalue weighted by molar-refractivity contribution is 5.73. The summed E-state index contributed by atoms with van der Waals surface area (Å²) in [5.41, 5.74) is 4.05. The summed E-state index contributed by atoms with van der Waals surface area (Å²) in [6.07, 6.45) is 3.51. The minimum absolute atomic E-state index is 0.222. The topological polar surface area (TPSA) is 32.3 Å². The van der Waals surface area contributed by atoms with Crippen molar-refractivity contribution < 1.29 is 4.79 Å². The number of carbonyl (C=O) groups excluding carboxylic acids is 1. The van der Waals surface area contributed by atoms with E-state index >= 15 is 0 Å². The third-order valence-corrected chi connectivity index (χ3v) is 4.81. The number of piperidine rings is 1. The molecule has 1 aliphatic rings. The van der Waals surface area contributed by atoms with Crippen LogP contribution in [0.4, 0.5) is 0 Å². The number of nitrogens with zero attached hydrogens (tertiary/aromatic N) is 1. The zero-order valence-electron chi connectivity index (χ0n) is 14.5. The molecule has 0 saturated carbocycles. The van der Waals surface area contributed by atoms with Gasteiger partial charge in [0.25, 0.3) is 0 Å². The third kappa shape index (κ3) is 4.84. The lowest BCUT2D eigenvalue weighted by atomic mass is 9.93. The molecule has 0 radical (unpaired) electrons. The lowest BCUT2D eigenvalue weighted by Gasteiger charge is -2.31. The molecule has 22 heavy (non-hydrogen) atoms. The van der Waals surface area contributed by atoms with E-state index < -0.39 is 0 Å². The van der Waals surface area contributed by atoms with Gasteiger partial charge in [-0.05, 0) is 58.1 Å². The molecule has 122 valence electrons. The monoisotopic (exact) mass is 302 g/mol. The molecule has 1 saturated heterocycles. The molecule has 1 amide bonds. The van der Waals surface area contributed by atoms with Crippen molar-refractivity contribution in [2.75, 3.05) is 19.6 Å². The normalized spacial score (nSPS) is 17.5. The van der Waals surface area contributed by atoms with E-state index in [1.54, 1.807) is 6.92 Å². The summed E-state index contributed by atoms with van der Waals surface area (Å²) in [7, 11) is 0. The molecule has 1 aliphatic heterocycles. The van der Waals surface area contributed by atoms with Crippen molar-refractivity contribution in [2.45, 2.75) is 53.0 Å². The number of hydrogen-bond donors (Lipinski definition) is 1. The van der Waals surface area contributed by atoms with Gasteiger partial charge in [0.2, 0.25) is 5.91 Å². The first-order valence-corrected chi connectivity index (χ1v) is 8.53. The fourth-order valence-corrected chi connectivity index (χ4v) is 3.42. The Morgan fingerprint density at radius 2 is 1.82 bits per heavy atom. The van der Waals surface area contributed by atoms with Crippen LogP contribution in [0.1, 0.15) is 55.8 Å². The average molecular weight is 302 g/mol. The molecule has 2 rings (SSSR count). The average Bonchev–Trinajstić information content (AvgIpc) is 2.46. The van der Waals surface area contributed by atoms with E-state index in [4.69, 9.17) is 0 Å². The van der Waals surface area contributed by atoms with Gasteiger partial charge in [-0.3, -0.25) is 4.79 Å². The zero-order valence-corrected chi connectivity index (χ0v) is 14.5. The van der Waals surface area contributed by atoms with Gasteiger partial charge in [0.1, 0.15) is 0 Å². The van der Waals surface area contributed by atoms with Gasteiger partial charge in [0.15, 0.2) is 0 Å². The highest BCUT2D eigenvalue weighted by atomic mass is 16.2. The van der Waals surface area contributed by atoms with E-state index in [2.05, 4.69) is 44.3 Å². The second kappa shape index (κ2) is 7.77. The second-order valence-corrected chi connectivity index (χ2v) is 6.83. The minimum atomic E-state index is 0.222. The van der Waals surface area contributed by atoms with Crippen LogP contribution in [0.5, 0.6) is 0 Å². The first kappa shape index (κ1) is 17.0. The number of likely N-dealkylation sites (tertiary alicyclic amines) is 1. The molecule has 0 aromatic heterocycles. The van der Waals surface area contributed by atoms with Gasteiger partial charge >= 0.3 is 0 Å². The zero-order chi connectivity index (χ0) is 16.1. The van der Waals surface area contributed by atoms with Crippen molar-refractivity contribution in [3.05, 3.63) is 34.9 Å². The SMILES string of the molecule is CC(=O)N1CCC(CCN[C@H](C)c2cc(C)cc(C)c2)CC1. The summed E-state index contributed by atoms with van der Waals surface area (Å²) in [5, 5.41) is 3.65. The van der Waals surface area contributed by atoms with Crippen LogP contribution in [0.25, 0.3) is 0 Å². The summed E-state index contributed by atoms with van der Waals surface area (Å²) >= 11 is 0. The molecular weight excluding hydrogens is 272 g/mol. The van der Waals surface area contributed by atoms with E-state index in [1.165, 1.54) is 23.1 Å². The van der Waals surface area contributed by atoms with E-state index in [9.17, 15) is 4.79 Å². The Kier molecular flexibility index (Phi) is 6.01. The highest BCUT2D eigenvalue weighted by Gasteiger charge is 2.20. The van der Waals surface area contributed by atoms with E-state index in [0.717, 1.165) is 38.4 Å². The van der Waals surface area contributed by atoms with Gasteiger partial charge in [-0.15, -0.1) is 0 Å². The number of benzene rings is 1. The van der Waals surface area contributed by atoms with Gasteiger partial charge in [-0.25, -0.2) is 0 Å². The lowest BCUT2D eigenvalue weighted by molar-refractivity contribution is -0.130. The summed E-state index contributed by atoms with van der Waals surface area (Å²) in [6, 6.07) is 7.17. The van der Waals surface area contributed by atoms with Gasteiger partial charge in [-0.2, -0.15) is 0 Å². The molecule has 1 heterocycles. The van der Waals surface area contributed by atoms with Crippen molar-refractivity contribution >= 4 is 5.91 Å². The molecular formula is C19H30N2O. The Labute approximate surface area is 135 Å². The molecule has 0 bridgehead atoms. The van der Waals surface area contributed by atoms with Gasteiger partial charge in [-0.1, -0.05) is 29.3 Å². The van der Waals surface area contributed by atoms with Crippen LogP contribution in [0.2, 0.25) is 0 Å². The number of carbonyl (C=O) groups is 1. The van der Waals surface area contributed by atoms with E-state index in [-0.39, 0.29) is 5.91 Å². The highest BCUT2D eigenvalue weighted by Crippen LogP contribution is 2.21. The molecule has 1 fully saturated rings. The molecule has 0 spiro atoms. The molecule has 1 N–H and O–H groups in total. The number of nitrogens with one attached hydrogen (secondary N) is 1. The van der Waals surface area contributed by atoms with Crippen molar-refractivity contribution in [2.24, 2.45) is 5.92 Å². The largest absolute Gasteiger partial charge is 0.343 e. The number of hydrogen-bond acceptors (Lipinski definition) is 2. The number of rotatable bonds is 5. The predicted molar refractivity (Wildman–Crippen MR) is 91.9 cm³/mol. The first-order valence-electron chi connectivity index (χ1n) is 8.53. The Hall–Kier alpha value is -1.35. The first-order chi connectivity index (χ1) is 10.5. The third-order valence-electron chi connectivity index (χ3n) is 4.81. The summed E-state index contributed by atoms with van der Waals surface area (Å²) in [6.45, 7) is 11.2. The van der Waals surface area contributed by atoms with Crippen LogP contribution >= 0.6 is 0 Å². The molecule has 3 heteroatoms. The summed E-state index contributed by atoms with van der Waals surface area (Å²) in [4.78, 5) is 13.3. The number of amides is 1. The second-order valence-electron chi connectivity index (χ2n) is 6.83. The number of aryl methyl sites for hydroxylation is 2. The molecule has 1 aromatic rings. The van der Waals surface area contributed by atoms with Crippen LogP contribution in [-0.2, 0) is 4.79 Å². The summed E-state index contributed by atoms with van der Waals surface area (Å²) in [5.74, 6) is 0.981. The quantitative estimate of drug-likeness (QED) is 0.901. The van der Waals surface area contributed by atoms with Crippen LogP contribution in [-0.4, -0.2) is 30.4 Å². The maximum atomic E-state index is 11.3. The molecule has 0 unspecified atom stereocenters. The Balaban J connectivity index is 1.73. The van der Waals surface area contributed by atoms with Crippen LogP contribution < -0.4 is 5.32 Å². The minimum Gasteiger partial charge on any atom is -0.343 e. The molecule has 1 aromatic carbocycles. The smallest absolute Gasteiger partial charge is 0.219 e. The molecule has 0 aliphatic carbocycles. The Morgan fingerprint density at radius 1 is 1.23 bits per heavy atom. The maximum Gasteiger partial charge on any atom is 0.219 e. The van der Waals surface area contributed by atoms with Crippen LogP contribution in [0.15, 0.2) is 18.2 Å². The van der Waals surface area contributed by atoms with Gasteiger partial charge in [0, 0.05) is 26.1 Å². The van der Waals surface area contributed by atoms with Gasteiger partial charge in [0.05, 0.1) is 0 Å². The summed E-state index contributed by atoms with van der Waals surface area (Å²) < 4.78 is 0. The predicted octanol–water partition coefficient (Wildman–Crippen LogP) is 3.60. The Bertz CT molecular complexity index is 484. The van der Waals surface area contributed by atoms with Crippen LogP contribution in [0, 0.1) is 19.8 Å². The van der Waals surface area contributed by atoms with Crippen molar-refractivity contribution in [1.29, 1.82) is 0 Å². The van der Waals surface area contributed by atoms with Crippen molar-refractivity contribution in [1.82, 2.24) is 10.2 Å². The van der Waals surface area contributed by atoms with Crippen LogP contribution in [0.3, 0.4) is 0 Å². The maximum absolute atomic E-state index is 11.3. The lowest BCUT2D eigenvalue weighted by Crippen LogP contribution is -2.37. The van der Waals surface area contributed by atoms with Gasteiger partial charge < -0.3 is 10.2 Å². The standard InChI is InChI=1S/C19H30N2O/c1-14-11-15(2)13-19(12-14)16(3)20-8-5-18-6-9-21(10-7-18)17(4)22/h11-13,16,18,20H,5-10H2,1-4H3/t16-/m1/s1. The Morgan fingerprint density at radius 3 is 2.36 bits per heavy atom. The fraction of sp³-hybridized carbons (Fsp3) is 0.632. The fourth-order valence-electron chi connectivity index (χ4n) is 3.42. The van der Waals surface area contributed by atoms with E-state index in [1.807, 2.05) is 4.90 Å². The van der Waals surface area contributed by atoms with Crippen molar-refractivity contribution in [3.8, 4) is 0 Å². The molecule has 3 nitrogen and oxygen atoms in total. The van der Waals surface area contributed by atoms with E-state index in [0.29, 0.717) is 6.04 Å². The molecule has 1 atom stereocenters. The van der Waals surface area contributed by atoms with Crippen molar-refractivity contribution in [3.63, 3.8) is 0 Å².